The van der Waals surface area contributed by atoms with Crippen LogP contribution in [0.3, 0.4) is 0 Å². The second-order valence-corrected chi connectivity index (χ2v) is 9.96. The zero-order chi connectivity index (χ0) is 28.0. The molecule has 6 rings (SSSR count). The molecule has 4 aromatic heterocycles. The number of nitrogens with one attached hydrogen (secondary N) is 3. The molecule has 40 heavy (non-hydrogen) atoms. The Balaban J connectivity index is 1.53. The van der Waals surface area contributed by atoms with Crippen LogP contribution in [-0.4, -0.2) is 63.2 Å². The number of anilines is 2. The quantitative estimate of drug-likeness (QED) is 0.215. The lowest BCUT2D eigenvalue weighted by molar-refractivity contribution is 0.0927. The first kappa shape index (κ1) is 25.8. The van der Waals surface area contributed by atoms with Gasteiger partial charge >= 0.3 is 0 Å². The van der Waals surface area contributed by atoms with Gasteiger partial charge in [0, 0.05) is 48.6 Å². The van der Waals surface area contributed by atoms with E-state index >= 15 is 0 Å². The minimum atomic E-state index is -0.391. The fraction of sp³-hybridized carbons (Fsp3) is 0.393. The molecule has 3 N–H and O–H groups in total. The average Bonchev–Trinajstić information content (AvgIpc) is 3.50. The number of fused-ring (bicyclic) bond motifs is 3. The molecule has 0 radical (unpaired) electrons. The van der Waals surface area contributed by atoms with Crippen LogP contribution in [0.25, 0.3) is 33.1 Å². The number of aryl methyl sites for hydroxylation is 3. The molecule has 4 heterocycles. The van der Waals surface area contributed by atoms with Gasteiger partial charge in [0.2, 0.25) is 5.82 Å². The monoisotopic (exact) mass is 544 g/mol. The van der Waals surface area contributed by atoms with Gasteiger partial charge in [-0.15, -0.1) is 0 Å². The molecule has 1 fully saturated rings. The first-order valence-electron chi connectivity index (χ1n) is 13.4. The molecule has 0 unspecified atom stereocenters. The van der Waals surface area contributed by atoms with Gasteiger partial charge in [-0.1, -0.05) is 5.16 Å². The number of carbonyl (C=O) groups is 1. The van der Waals surface area contributed by atoms with Crippen molar-refractivity contribution >= 4 is 39.5 Å². The molecular weight excluding hydrogens is 512 g/mol. The summed E-state index contributed by atoms with van der Waals surface area (Å²) >= 11 is 0. The Bertz CT molecular complexity index is 1710. The molecule has 0 atom stereocenters. The number of carbonyl (C=O) groups excluding carboxylic acids is 1. The van der Waals surface area contributed by atoms with E-state index in [9.17, 15) is 4.79 Å². The van der Waals surface area contributed by atoms with Crippen molar-refractivity contribution in [2.24, 2.45) is 0 Å². The van der Waals surface area contributed by atoms with Crippen molar-refractivity contribution in [3.63, 3.8) is 0 Å². The number of hydrogen-bond acceptors (Lipinski definition) is 9. The number of H-pyrrole nitrogens is 1. The summed E-state index contributed by atoms with van der Waals surface area (Å²) in [5, 5.41) is 16.8. The Kier molecular flexibility index (Phi) is 6.62. The van der Waals surface area contributed by atoms with Crippen LogP contribution in [0.4, 0.5) is 11.6 Å². The van der Waals surface area contributed by atoms with E-state index in [4.69, 9.17) is 24.1 Å². The smallest absolute Gasteiger partial charge is 0.289 e. The maximum Gasteiger partial charge on any atom is 0.289 e. The lowest BCUT2D eigenvalue weighted by atomic mass is 10.0. The second kappa shape index (κ2) is 10.3. The fourth-order valence-corrected chi connectivity index (χ4v) is 5.07. The van der Waals surface area contributed by atoms with E-state index in [0.29, 0.717) is 48.6 Å². The zero-order valence-corrected chi connectivity index (χ0v) is 23.2. The lowest BCUT2D eigenvalue weighted by Gasteiger charge is -2.11. The number of amides is 1. The molecule has 1 amide bonds. The van der Waals surface area contributed by atoms with E-state index in [-0.39, 0.29) is 5.82 Å². The van der Waals surface area contributed by atoms with Crippen LogP contribution in [0.2, 0.25) is 0 Å². The van der Waals surface area contributed by atoms with Crippen molar-refractivity contribution < 1.29 is 18.8 Å². The van der Waals surface area contributed by atoms with Gasteiger partial charge in [-0.3, -0.25) is 4.79 Å². The predicted molar refractivity (Wildman–Crippen MR) is 150 cm³/mol. The summed E-state index contributed by atoms with van der Waals surface area (Å²) < 4.78 is 18.2. The van der Waals surface area contributed by atoms with E-state index < -0.39 is 5.91 Å². The maximum atomic E-state index is 13.0. The fourth-order valence-electron chi connectivity index (χ4n) is 5.07. The van der Waals surface area contributed by atoms with Crippen LogP contribution in [0.5, 0.6) is 5.75 Å². The summed E-state index contributed by atoms with van der Waals surface area (Å²) in [4.78, 5) is 25.7. The zero-order valence-electron chi connectivity index (χ0n) is 23.2. The van der Waals surface area contributed by atoms with Gasteiger partial charge in [-0.2, -0.15) is 5.10 Å². The van der Waals surface area contributed by atoms with Crippen LogP contribution in [0.1, 0.15) is 53.5 Å². The van der Waals surface area contributed by atoms with Gasteiger partial charge in [-0.05, 0) is 45.7 Å². The largest absolute Gasteiger partial charge is 0.496 e. The maximum absolute atomic E-state index is 13.0. The van der Waals surface area contributed by atoms with Crippen molar-refractivity contribution in [2.75, 3.05) is 32.7 Å². The van der Waals surface area contributed by atoms with E-state index in [1.54, 1.807) is 14.2 Å². The molecule has 12 nitrogen and oxygen atoms in total. The Morgan fingerprint density at radius 1 is 1.20 bits per heavy atom. The number of aromatic nitrogens is 6. The molecule has 0 spiro atoms. The van der Waals surface area contributed by atoms with Gasteiger partial charge in [0.25, 0.3) is 5.91 Å². The van der Waals surface area contributed by atoms with Crippen molar-refractivity contribution in [1.29, 1.82) is 0 Å². The van der Waals surface area contributed by atoms with Gasteiger partial charge in [-0.25, -0.2) is 14.6 Å². The van der Waals surface area contributed by atoms with Crippen LogP contribution in [0, 0.1) is 13.8 Å². The molecular formula is C28H32N8O4. The van der Waals surface area contributed by atoms with Crippen molar-refractivity contribution in [1.82, 2.24) is 35.2 Å². The third-order valence-electron chi connectivity index (χ3n) is 7.21. The average molecular weight is 545 g/mol. The molecule has 1 aliphatic rings. The second-order valence-electron chi connectivity index (χ2n) is 9.96. The topological polar surface area (TPSA) is 145 Å². The first-order valence-corrected chi connectivity index (χ1v) is 13.4. The summed E-state index contributed by atoms with van der Waals surface area (Å²) in [6, 6.07) is 6.01. The Hall–Kier alpha value is -4.45. The number of rotatable bonds is 10. The predicted octanol–water partition coefficient (Wildman–Crippen LogP) is 4.61. The normalized spacial score (nSPS) is 13.3. The van der Waals surface area contributed by atoms with Gasteiger partial charge in [0.05, 0.1) is 36.1 Å². The van der Waals surface area contributed by atoms with E-state index in [1.807, 2.05) is 37.6 Å². The van der Waals surface area contributed by atoms with Crippen molar-refractivity contribution in [2.45, 2.75) is 46.1 Å². The SMILES string of the molecule is CCn1nc(C2CC2)cc1Nc1nc(C(=O)NCCOC)nc2[nH]c3cc(-c4c(C)noc4C)c(OC)cc3c12. The van der Waals surface area contributed by atoms with Crippen LogP contribution < -0.4 is 15.4 Å². The van der Waals surface area contributed by atoms with E-state index in [0.717, 1.165) is 57.5 Å². The first-order chi connectivity index (χ1) is 19.4. The Morgan fingerprint density at radius 3 is 2.70 bits per heavy atom. The minimum absolute atomic E-state index is 0.0422. The van der Waals surface area contributed by atoms with E-state index in [2.05, 4.69) is 31.8 Å². The molecule has 0 bridgehead atoms. The molecule has 1 aliphatic carbocycles. The third-order valence-corrected chi connectivity index (χ3v) is 7.21. The summed E-state index contributed by atoms with van der Waals surface area (Å²) in [6.45, 7) is 7.24. The highest BCUT2D eigenvalue weighted by Crippen LogP contribution is 2.42. The molecule has 0 saturated heterocycles. The van der Waals surface area contributed by atoms with Gasteiger partial charge in [0.15, 0.2) is 0 Å². The number of benzene rings is 1. The summed E-state index contributed by atoms with van der Waals surface area (Å²) in [7, 11) is 3.22. The Labute approximate surface area is 230 Å². The summed E-state index contributed by atoms with van der Waals surface area (Å²) in [6.07, 6.45) is 2.30. The van der Waals surface area contributed by atoms with Gasteiger partial charge in [0.1, 0.15) is 28.8 Å². The molecule has 12 heteroatoms. The molecule has 208 valence electrons. The number of aromatic amines is 1. The number of ether oxygens (including phenoxy) is 2. The van der Waals surface area contributed by atoms with Crippen molar-refractivity contribution in [3.8, 4) is 16.9 Å². The highest BCUT2D eigenvalue weighted by molar-refractivity contribution is 6.14. The van der Waals surface area contributed by atoms with Crippen LogP contribution >= 0.6 is 0 Å². The van der Waals surface area contributed by atoms with Gasteiger partial charge < -0.3 is 29.6 Å². The molecule has 1 aromatic carbocycles. The van der Waals surface area contributed by atoms with Crippen molar-refractivity contribution in [3.05, 3.63) is 41.2 Å². The Morgan fingerprint density at radius 2 is 2.02 bits per heavy atom. The third kappa shape index (κ3) is 4.53. The number of hydrogen-bond donors (Lipinski definition) is 3. The number of nitrogens with zero attached hydrogens (tertiary/aromatic N) is 5. The van der Waals surface area contributed by atoms with Crippen LogP contribution in [0.15, 0.2) is 22.7 Å². The number of methoxy groups -OCH3 is 2. The highest BCUT2D eigenvalue weighted by atomic mass is 16.5. The molecule has 1 saturated carbocycles. The highest BCUT2D eigenvalue weighted by Gasteiger charge is 2.28. The van der Waals surface area contributed by atoms with Crippen LogP contribution in [-0.2, 0) is 11.3 Å². The standard InChI is InChI=1S/C28H32N8O4/c1-6-36-22(13-19(34-36)16-7-8-16)31-26-24-17-12-21(39-5)18(23-14(2)35-40-15(23)3)11-20(17)30-25(24)32-27(33-26)28(37)29-9-10-38-4/h11-13,16H,6-10H2,1-5H3,(H,29,37)(H2,30,31,32,33). The minimum Gasteiger partial charge on any atom is -0.496 e. The molecule has 0 aliphatic heterocycles. The molecule has 5 aromatic rings. The van der Waals surface area contributed by atoms with E-state index in [1.165, 1.54) is 0 Å². The summed E-state index contributed by atoms with van der Waals surface area (Å²) in [5.41, 5.74) is 4.88. The summed E-state index contributed by atoms with van der Waals surface area (Å²) in [5.74, 6) is 2.81. The lowest BCUT2D eigenvalue weighted by Crippen LogP contribution is -2.28.